The maximum atomic E-state index is 15.6. The summed E-state index contributed by atoms with van der Waals surface area (Å²) in [7, 11) is 1.75. The molecule has 0 fully saturated rings. The molecule has 11 heteroatoms. The van der Waals surface area contributed by atoms with Crippen molar-refractivity contribution < 1.29 is 33.0 Å². The van der Waals surface area contributed by atoms with Crippen LogP contribution in [0.5, 0.6) is 11.5 Å². The number of aryl methyl sites for hydroxylation is 2. The molecule has 3 N–H and O–H groups in total. The van der Waals surface area contributed by atoms with Crippen LogP contribution < -0.4 is 4.74 Å². The van der Waals surface area contributed by atoms with Crippen LogP contribution in [0.15, 0.2) is 67.0 Å². The van der Waals surface area contributed by atoms with Crippen molar-refractivity contribution in [2.45, 2.75) is 44.9 Å². The molecule has 0 aliphatic carbocycles. The molecule has 2 aromatic heterocycles. The van der Waals surface area contributed by atoms with Gasteiger partial charge < -0.3 is 29.4 Å². The SMILES string of the molecule is CC1COCC(C)(c2cccc(CCC(=O)O)c2)c2cnc([nH]2)-c2cc(ccc2F)Oc2c(F)cc3[nH]ccc3c2CCC(=O)N(C)C1. The van der Waals surface area contributed by atoms with E-state index in [1.54, 1.807) is 24.3 Å². The molecule has 9 nitrogen and oxygen atoms in total. The zero-order valence-electron chi connectivity index (χ0n) is 27.1. The minimum absolute atomic E-state index is 0.00322. The first-order valence-electron chi connectivity index (χ1n) is 16.0. The molecule has 3 aromatic carbocycles. The van der Waals surface area contributed by atoms with E-state index in [1.807, 2.05) is 44.2 Å². The van der Waals surface area contributed by atoms with Gasteiger partial charge >= 0.3 is 5.97 Å². The van der Waals surface area contributed by atoms with Crippen molar-refractivity contribution in [1.82, 2.24) is 19.9 Å². The van der Waals surface area contributed by atoms with E-state index in [4.69, 9.17) is 9.47 Å². The second-order valence-corrected chi connectivity index (χ2v) is 12.8. The second-order valence-electron chi connectivity index (χ2n) is 12.8. The van der Waals surface area contributed by atoms with Gasteiger partial charge in [-0.1, -0.05) is 31.2 Å². The van der Waals surface area contributed by atoms with Gasteiger partial charge in [0.25, 0.3) is 0 Å². The molecule has 0 saturated heterocycles. The number of aliphatic carboxylic acids is 1. The number of ether oxygens (including phenoxy) is 2. The molecule has 0 radical (unpaired) electrons. The van der Waals surface area contributed by atoms with Crippen molar-refractivity contribution in [3.8, 4) is 22.9 Å². The predicted octanol–water partition coefficient (Wildman–Crippen LogP) is 7.01. The van der Waals surface area contributed by atoms with E-state index < -0.39 is 23.0 Å². The molecule has 0 saturated carbocycles. The summed E-state index contributed by atoms with van der Waals surface area (Å²) < 4.78 is 43.4. The van der Waals surface area contributed by atoms with Crippen LogP contribution in [0, 0.1) is 17.6 Å². The molecule has 48 heavy (non-hydrogen) atoms. The Balaban J connectivity index is 1.44. The van der Waals surface area contributed by atoms with Gasteiger partial charge in [0, 0.05) is 67.1 Å². The first kappa shape index (κ1) is 32.9. The number of hydrogen-bond acceptors (Lipinski definition) is 5. The predicted molar refractivity (Wildman–Crippen MR) is 177 cm³/mol. The highest BCUT2D eigenvalue weighted by atomic mass is 19.1. The third-order valence-corrected chi connectivity index (χ3v) is 9.03. The number of aromatic amines is 2. The van der Waals surface area contributed by atoms with Gasteiger partial charge in [0.05, 0.1) is 24.2 Å². The number of nitrogens with zero attached hydrogens (tertiary/aromatic N) is 2. The number of aromatic nitrogens is 3. The fourth-order valence-electron chi connectivity index (χ4n) is 6.33. The lowest BCUT2D eigenvalue weighted by Crippen LogP contribution is -2.35. The summed E-state index contributed by atoms with van der Waals surface area (Å²) in [6.45, 7) is 5.02. The number of fused-ring (bicyclic) bond motifs is 8. The van der Waals surface area contributed by atoms with E-state index in [0.717, 1.165) is 16.5 Å². The standard InChI is InChI=1S/C37H38F2N4O5/c1-22-19-43(3)33(44)11-9-27-26-13-14-40-31(26)17-30(39)35(27)48-25-8-10-29(38)28(16-25)36-41-18-32(42-36)37(2,21-47-20-22)24-6-4-5-23(15-24)7-12-34(45)46/h4-6,8,10,13-18,22,40H,7,9,11-12,19-21H2,1-3H3,(H,41,42)(H,45,46). The van der Waals surface area contributed by atoms with Crippen LogP contribution in [0.3, 0.4) is 0 Å². The number of amides is 1. The van der Waals surface area contributed by atoms with Crippen LogP contribution >= 0.6 is 0 Å². The van der Waals surface area contributed by atoms with Crippen molar-refractivity contribution in [2.24, 2.45) is 5.92 Å². The Hall–Kier alpha value is -5.03. The molecule has 1 aliphatic heterocycles. The van der Waals surface area contributed by atoms with Gasteiger partial charge in [-0.15, -0.1) is 0 Å². The normalized spacial score (nSPS) is 19.2. The van der Waals surface area contributed by atoms with Gasteiger partial charge in [-0.2, -0.15) is 0 Å². The van der Waals surface area contributed by atoms with Crippen molar-refractivity contribution in [3.63, 3.8) is 0 Å². The Labute approximate surface area is 276 Å². The zero-order chi connectivity index (χ0) is 34.0. The molecule has 1 amide bonds. The quantitative estimate of drug-likeness (QED) is 0.192. The Bertz CT molecular complexity index is 1970. The number of halogens is 2. The summed E-state index contributed by atoms with van der Waals surface area (Å²) in [5, 5.41) is 9.97. The van der Waals surface area contributed by atoms with Crippen LogP contribution in [0.2, 0.25) is 0 Å². The minimum atomic E-state index is -0.880. The van der Waals surface area contributed by atoms with Gasteiger partial charge in [0.2, 0.25) is 5.91 Å². The molecular formula is C37H38F2N4O5. The summed E-state index contributed by atoms with van der Waals surface area (Å²) in [4.78, 5) is 37.1. The highest BCUT2D eigenvalue weighted by molar-refractivity contribution is 5.86. The summed E-state index contributed by atoms with van der Waals surface area (Å²) >= 11 is 0. The number of carbonyl (C=O) groups excluding carboxylic acids is 1. The average Bonchev–Trinajstić information content (AvgIpc) is 3.74. The molecule has 6 rings (SSSR count). The number of imidazole rings is 1. The maximum absolute atomic E-state index is 15.6. The summed E-state index contributed by atoms with van der Waals surface area (Å²) in [5.74, 6) is -1.72. The monoisotopic (exact) mass is 656 g/mol. The van der Waals surface area contributed by atoms with Crippen LogP contribution in [0.25, 0.3) is 22.3 Å². The Morgan fingerprint density at radius 3 is 2.77 bits per heavy atom. The van der Waals surface area contributed by atoms with Crippen LogP contribution in [-0.2, 0) is 32.6 Å². The highest BCUT2D eigenvalue weighted by Gasteiger charge is 2.33. The number of rotatable bonds is 4. The lowest BCUT2D eigenvalue weighted by Gasteiger charge is -2.30. The van der Waals surface area contributed by atoms with Crippen molar-refractivity contribution >= 4 is 22.8 Å². The Kier molecular flexibility index (Phi) is 9.32. The number of nitrogens with one attached hydrogen (secondary N) is 2. The number of carboxylic acid groups (broad SMARTS) is 1. The van der Waals surface area contributed by atoms with Gasteiger partial charge in [0.15, 0.2) is 11.6 Å². The van der Waals surface area contributed by atoms with Crippen LogP contribution in [0.1, 0.15) is 49.1 Å². The summed E-state index contributed by atoms with van der Waals surface area (Å²) in [6.07, 6.45) is 4.07. The van der Waals surface area contributed by atoms with Crippen molar-refractivity contribution in [2.75, 3.05) is 26.8 Å². The third-order valence-electron chi connectivity index (χ3n) is 9.03. The number of benzene rings is 3. The fraction of sp³-hybridized carbons (Fsp3) is 0.324. The van der Waals surface area contributed by atoms with Crippen LogP contribution in [0.4, 0.5) is 8.78 Å². The first-order valence-corrected chi connectivity index (χ1v) is 16.0. The average molecular weight is 657 g/mol. The second kappa shape index (κ2) is 13.6. The molecule has 0 spiro atoms. The maximum Gasteiger partial charge on any atom is 0.303 e. The number of H-pyrrole nitrogens is 2. The molecule has 3 heterocycles. The summed E-state index contributed by atoms with van der Waals surface area (Å²) in [5.41, 5.74) is 2.84. The third kappa shape index (κ3) is 6.82. The van der Waals surface area contributed by atoms with Gasteiger partial charge in [-0.05, 0) is 61.1 Å². The fourth-order valence-corrected chi connectivity index (χ4v) is 6.33. The Morgan fingerprint density at radius 1 is 1.12 bits per heavy atom. The first-order chi connectivity index (χ1) is 23.0. The minimum Gasteiger partial charge on any atom is -0.481 e. The lowest BCUT2D eigenvalue weighted by molar-refractivity contribution is -0.137. The Morgan fingerprint density at radius 2 is 1.96 bits per heavy atom. The van der Waals surface area contributed by atoms with E-state index in [0.29, 0.717) is 36.3 Å². The molecule has 2 unspecified atom stereocenters. The van der Waals surface area contributed by atoms with E-state index in [9.17, 15) is 14.7 Å². The smallest absolute Gasteiger partial charge is 0.303 e. The number of carbonyl (C=O) groups is 2. The molecule has 250 valence electrons. The molecular weight excluding hydrogens is 618 g/mol. The lowest BCUT2D eigenvalue weighted by atomic mass is 9.79. The van der Waals surface area contributed by atoms with E-state index in [2.05, 4.69) is 15.0 Å². The number of carboxylic acids is 1. The topological polar surface area (TPSA) is 121 Å². The molecule has 2 atom stereocenters. The largest absolute Gasteiger partial charge is 0.481 e. The van der Waals surface area contributed by atoms with Crippen molar-refractivity contribution in [1.29, 1.82) is 0 Å². The zero-order valence-corrected chi connectivity index (χ0v) is 27.1. The van der Waals surface area contributed by atoms with E-state index in [-0.39, 0.29) is 60.6 Å². The van der Waals surface area contributed by atoms with Crippen LogP contribution in [-0.4, -0.2) is 63.6 Å². The summed E-state index contributed by atoms with van der Waals surface area (Å²) in [6, 6.07) is 15.0. The molecule has 5 aromatic rings. The van der Waals surface area contributed by atoms with Gasteiger partial charge in [0.1, 0.15) is 17.4 Å². The van der Waals surface area contributed by atoms with Crippen molar-refractivity contribution in [3.05, 3.63) is 101 Å². The molecule has 4 bridgehead atoms. The molecule has 1 aliphatic rings. The highest BCUT2D eigenvalue weighted by Crippen LogP contribution is 2.38. The van der Waals surface area contributed by atoms with Gasteiger partial charge in [-0.25, -0.2) is 13.8 Å². The van der Waals surface area contributed by atoms with E-state index in [1.165, 1.54) is 24.3 Å². The van der Waals surface area contributed by atoms with E-state index >= 15 is 8.78 Å². The van der Waals surface area contributed by atoms with Gasteiger partial charge in [-0.3, -0.25) is 9.59 Å². The number of hydrogen-bond donors (Lipinski definition) is 3.